The van der Waals surface area contributed by atoms with E-state index in [0.717, 1.165) is 29.3 Å². The van der Waals surface area contributed by atoms with Crippen LogP contribution in [0.2, 0.25) is 0 Å². The van der Waals surface area contributed by atoms with Crippen LogP contribution in [0.5, 0.6) is 17.2 Å². The summed E-state index contributed by atoms with van der Waals surface area (Å²) in [5.74, 6) is 2.51. The summed E-state index contributed by atoms with van der Waals surface area (Å²) in [7, 11) is 4.80. The molecule has 9 heteroatoms. The molecule has 0 atom stereocenters. The van der Waals surface area contributed by atoms with Gasteiger partial charge < -0.3 is 29.4 Å². The van der Waals surface area contributed by atoms with Crippen LogP contribution in [-0.2, 0) is 13.1 Å². The fourth-order valence-electron chi connectivity index (χ4n) is 3.23. The van der Waals surface area contributed by atoms with Crippen LogP contribution in [0, 0.1) is 0 Å². The molecule has 0 aliphatic rings. The molecule has 0 fully saturated rings. The number of rotatable bonds is 9. The first-order valence-corrected chi connectivity index (χ1v) is 10.1. The van der Waals surface area contributed by atoms with Crippen molar-refractivity contribution in [3.05, 3.63) is 66.2 Å². The molecule has 8 nitrogen and oxygen atoms in total. The number of ether oxygens (including phenoxy) is 3. The fourth-order valence-corrected chi connectivity index (χ4v) is 3.23. The van der Waals surface area contributed by atoms with E-state index in [1.54, 1.807) is 33.9 Å². The van der Waals surface area contributed by atoms with Gasteiger partial charge in [0.2, 0.25) is 5.75 Å². The standard InChI is InChI=1S/C23H29N5O3.HI/c1-5-25-23(26-14-17-12-20(29-2)22(31-4)21(13-17)30-3)27-15-18-8-6-7-9-19(18)28-11-10-24-16-28;/h6-13,16H,5,14-15H2,1-4H3,(H2,25,26,27);1H. The van der Waals surface area contributed by atoms with Crippen molar-refractivity contribution in [1.82, 2.24) is 20.2 Å². The highest BCUT2D eigenvalue weighted by atomic mass is 127. The Bertz CT molecular complexity index is 984. The van der Waals surface area contributed by atoms with Crippen LogP contribution in [0.1, 0.15) is 18.1 Å². The van der Waals surface area contributed by atoms with Gasteiger partial charge in [-0.2, -0.15) is 0 Å². The minimum Gasteiger partial charge on any atom is -0.493 e. The van der Waals surface area contributed by atoms with E-state index in [2.05, 4.69) is 27.8 Å². The van der Waals surface area contributed by atoms with E-state index < -0.39 is 0 Å². The number of halogens is 1. The fraction of sp³-hybridized carbons (Fsp3) is 0.304. The van der Waals surface area contributed by atoms with Gasteiger partial charge in [-0.05, 0) is 36.2 Å². The van der Waals surface area contributed by atoms with E-state index in [-0.39, 0.29) is 24.0 Å². The molecule has 1 aromatic heterocycles. The lowest BCUT2D eigenvalue weighted by atomic mass is 10.1. The monoisotopic (exact) mass is 551 g/mol. The van der Waals surface area contributed by atoms with Crippen LogP contribution in [0.3, 0.4) is 0 Å². The van der Waals surface area contributed by atoms with Gasteiger partial charge in [0.05, 0.1) is 39.9 Å². The molecule has 0 unspecified atom stereocenters. The lowest BCUT2D eigenvalue weighted by Gasteiger charge is -2.15. The number of aliphatic imine (C=N–C) groups is 1. The Balaban J connectivity index is 0.00000363. The van der Waals surface area contributed by atoms with Crippen molar-refractivity contribution in [2.45, 2.75) is 20.0 Å². The Kier molecular flexibility index (Phi) is 10.1. The summed E-state index contributed by atoms with van der Waals surface area (Å²) in [5, 5.41) is 6.70. The van der Waals surface area contributed by atoms with Crippen molar-refractivity contribution >= 4 is 29.9 Å². The number of methoxy groups -OCH3 is 3. The van der Waals surface area contributed by atoms with Crippen molar-refractivity contribution in [3.63, 3.8) is 0 Å². The molecule has 172 valence electrons. The average molecular weight is 551 g/mol. The topological polar surface area (TPSA) is 81.9 Å². The predicted octanol–water partition coefficient (Wildman–Crippen LogP) is 3.77. The minimum absolute atomic E-state index is 0. The second kappa shape index (κ2) is 12.8. The number of imidazole rings is 1. The molecular weight excluding hydrogens is 521 g/mol. The second-order valence-corrected chi connectivity index (χ2v) is 6.68. The number of benzene rings is 2. The van der Waals surface area contributed by atoms with Crippen molar-refractivity contribution < 1.29 is 14.2 Å². The number of hydrogen-bond donors (Lipinski definition) is 2. The van der Waals surface area contributed by atoms with Gasteiger partial charge in [-0.1, -0.05) is 18.2 Å². The normalized spacial score (nSPS) is 10.8. The molecule has 0 radical (unpaired) electrons. The molecule has 2 N–H and O–H groups in total. The lowest BCUT2D eigenvalue weighted by Crippen LogP contribution is -2.37. The Morgan fingerprint density at radius 1 is 1.03 bits per heavy atom. The maximum absolute atomic E-state index is 5.44. The summed E-state index contributed by atoms with van der Waals surface area (Å²) in [5.41, 5.74) is 3.16. The third kappa shape index (κ3) is 6.28. The maximum Gasteiger partial charge on any atom is 0.203 e. The van der Waals surface area contributed by atoms with Gasteiger partial charge >= 0.3 is 0 Å². The molecule has 2 aromatic carbocycles. The van der Waals surface area contributed by atoms with Crippen LogP contribution < -0.4 is 24.8 Å². The summed E-state index contributed by atoms with van der Waals surface area (Å²) >= 11 is 0. The van der Waals surface area contributed by atoms with Crippen molar-refractivity contribution in [2.24, 2.45) is 4.99 Å². The molecular formula is C23H30IN5O3. The van der Waals surface area contributed by atoms with Crippen molar-refractivity contribution in [1.29, 1.82) is 0 Å². The van der Waals surface area contributed by atoms with Crippen LogP contribution in [-0.4, -0.2) is 43.4 Å². The van der Waals surface area contributed by atoms with E-state index in [1.165, 1.54) is 0 Å². The molecule has 0 bridgehead atoms. The first kappa shape index (κ1) is 25.3. The number of hydrogen-bond acceptors (Lipinski definition) is 5. The highest BCUT2D eigenvalue weighted by Gasteiger charge is 2.13. The zero-order valence-electron chi connectivity index (χ0n) is 18.8. The highest BCUT2D eigenvalue weighted by Crippen LogP contribution is 2.38. The van der Waals surface area contributed by atoms with Gasteiger partial charge in [-0.3, -0.25) is 0 Å². The van der Waals surface area contributed by atoms with Crippen molar-refractivity contribution in [3.8, 4) is 22.9 Å². The number of nitrogens with zero attached hydrogens (tertiary/aromatic N) is 3. The van der Waals surface area contributed by atoms with Crippen molar-refractivity contribution in [2.75, 3.05) is 27.9 Å². The van der Waals surface area contributed by atoms with Crippen LogP contribution in [0.4, 0.5) is 0 Å². The van der Waals surface area contributed by atoms with Crippen LogP contribution in [0.25, 0.3) is 5.69 Å². The van der Waals surface area contributed by atoms with E-state index in [0.29, 0.717) is 30.3 Å². The van der Waals surface area contributed by atoms with Crippen LogP contribution >= 0.6 is 24.0 Å². The number of aromatic nitrogens is 2. The quantitative estimate of drug-likeness (QED) is 0.240. The average Bonchev–Trinajstić information content (AvgIpc) is 3.35. The van der Waals surface area contributed by atoms with Crippen LogP contribution in [0.15, 0.2) is 60.1 Å². The summed E-state index contributed by atoms with van der Waals surface area (Å²) in [6.07, 6.45) is 5.50. The van der Waals surface area contributed by atoms with E-state index in [9.17, 15) is 0 Å². The Hall–Kier alpha value is -2.95. The molecule has 3 rings (SSSR count). The Morgan fingerprint density at radius 3 is 2.34 bits per heavy atom. The largest absolute Gasteiger partial charge is 0.493 e. The molecule has 32 heavy (non-hydrogen) atoms. The lowest BCUT2D eigenvalue weighted by molar-refractivity contribution is 0.324. The molecule has 0 amide bonds. The second-order valence-electron chi connectivity index (χ2n) is 6.68. The van der Waals surface area contributed by atoms with Gasteiger partial charge in [0.15, 0.2) is 17.5 Å². The maximum atomic E-state index is 5.44. The zero-order chi connectivity index (χ0) is 22.1. The summed E-state index contributed by atoms with van der Waals surface area (Å²) in [4.78, 5) is 8.87. The summed E-state index contributed by atoms with van der Waals surface area (Å²) in [6.45, 7) is 3.87. The number of para-hydroxylation sites is 1. The molecule has 0 spiro atoms. The molecule has 0 saturated heterocycles. The first-order chi connectivity index (χ1) is 15.2. The van der Waals surface area contributed by atoms with Gasteiger partial charge in [0.1, 0.15) is 0 Å². The predicted molar refractivity (Wildman–Crippen MR) is 137 cm³/mol. The molecule has 0 aliphatic heterocycles. The van der Waals surface area contributed by atoms with Gasteiger partial charge in [0.25, 0.3) is 0 Å². The highest BCUT2D eigenvalue weighted by molar-refractivity contribution is 14.0. The molecule has 0 saturated carbocycles. The SMILES string of the molecule is CCNC(=NCc1cc(OC)c(OC)c(OC)c1)NCc1ccccc1-n1ccnc1.I. The van der Waals surface area contributed by atoms with E-state index >= 15 is 0 Å². The molecule has 3 aromatic rings. The van der Waals surface area contributed by atoms with Gasteiger partial charge in [0, 0.05) is 25.5 Å². The third-order valence-corrected chi connectivity index (χ3v) is 4.71. The third-order valence-electron chi connectivity index (χ3n) is 4.71. The summed E-state index contributed by atoms with van der Waals surface area (Å²) in [6, 6.07) is 12.0. The van der Waals surface area contributed by atoms with E-state index in [4.69, 9.17) is 19.2 Å². The minimum atomic E-state index is 0. The Labute approximate surface area is 206 Å². The molecule has 0 aliphatic carbocycles. The number of guanidine groups is 1. The van der Waals surface area contributed by atoms with Gasteiger partial charge in [-0.15, -0.1) is 24.0 Å². The number of nitrogens with one attached hydrogen (secondary N) is 2. The zero-order valence-corrected chi connectivity index (χ0v) is 21.1. The first-order valence-electron chi connectivity index (χ1n) is 10.1. The molecule has 1 heterocycles. The van der Waals surface area contributed by atoms with E-state index in [1.807, 2.05) is 42.0 Å². The smallest absolute Gasteiger partial charge is 0.203 e. The Morgan fingerprint density at radius 2 is 1.75 bits per heavy atom. The van der Waals surface area contributed by atoms with Gasteiger partial charge in [-0.25, -0.2) is 9.98 Å². The summed E-state index contributed by atoms with van der Waals surface area (Å²) < 4.78 is 18.3.